The van der Waals surface area contributed by atoms with Gasteiger partial charge in [0, 0.05) is 10.9 Å². The lowest BCUT2D eigenvalue weighted by molar-refractivity contribution is -0.153. The Labute approximate surface area is 152 Å². The topological polar surface area (TPSA) is 55.4 Å². The van der Waals surface area contributed by atoms with Crippen molar-refractivity contribution in [1.82, 2.24) is 0 Å². The van der Waals surface area contributed by atoms with Crippen LogP contribution in [-0.2, 0) is 20.7 Å². The van der Waals surface area contributed by atoms with Gasteiger partial charge in [-0.2, -0.15) is 0 Å². The molecule has 4 nitrogen and oxygen atoms in total. The number of rotatable bonds is 6. The van der Waals surface area contributed by atoms with Gasteiger partial charge in [0.2, 0.25) is 0 Å². The standard InChI is InChI=1S/C18H16BrF2NO3/c1-11(18(24)22-16-8-7-13(19)10-15(16)21)25-17(23)9-6-12-4-2-3-5-14(12)20/h2-5,7-8,10-11H,6,9H2,1H3,(H,22,24)/t11-/m0/s1. The summed E-state index contributed by atoms with van der Waals surface area (Å²) in [5.41, 5.74) is 0.385. The highest BCUT2D eigenvalue weighted by Gasteiger charge is 2.19. The van der Waals surface area contributed by atoms with Crippen LogP contribution in [0.5, 0.6) is 0 Å². The molecule has 0 spiro atoms. The van der Waals surface area contributed by atoms with Crippen LogP contribution in [0.2, 0.25) is 0 Å². The second-order valence-corrected chi connectivity index (χ2v) is 6.25. The fourth-order valence-electron chi connectivity index (χ4n) is 2.07. The first-order valence-electron chi connectivity index (χ1n) is 7.55. The third kappa shape index (κ3) is 5.63. The number of ether oxygens (including phenoxy) is 1. The smallest absolute Gasteiger partial charge is 0.306 e. The van der Waals surface area contributed by atoms with Gasteiger partial charge in [-0.3, -0.25) is 9.59 Å². The summed E-state index contributed by atoms with van der Waals surface area (Å²) >= 11 is 3.12. The van der Waals surface area contributed by atoms with Gasteiger partial charge in [-0.1, -0.05) is 34.1 Å². The van der Waals surface area contributed by atoms with E-state index < -0.39 is 29.6 Å². The van der Waals surface area contributed by atoms with Crippen molar-refractivity contribution >= 4 is 33.5 Å². The number of esters is 1. The van der Waals surface area contributed by atoms with Crippen LogP contribution < -0.4 is 5.32 Å². The lowest BCUT2D eigenvalue weighted by Crippen LogP contribution is -2.30. The molecule has 0 saturated carbocycles. The van der Waals surface area contributed by atoms with Crippen molar-refractivity contribution in [1.29, 1.82) is 0 Å². The van der Waals surface area contributed by atoms with Crippen LogP contribution in [-0.4, -0.2) is 18.0 Å². The van der Waals surface area contributed by atoms with Crippen LogP contribution in [0.3, 0.4) is 0 Å². The molecule has 0 bridgehead atoms. The number of nitrogens with one attached hydrogen (secondary N) is 1. The van der Waals surface area contributed by atoms with Gasteiger partial charge < -0.3 is 10.1 Å². The maximum atomic E-state index is 13.7. The van der Waals surface area contributed by atoms with Crippen LogP contribution in [0.4, 0.5) is 14.5 Å². The number of hydrogen-bond acceptors (Lipinski definition) is 3. The number of hydrogen-bond donors (Lipinski definition) is 1. The second kappa shape index (κ2) is 8.71. The number of benzene rings is 2. The Morgan fingerprint density at radius 1 is 1.16 bits per heavy atom. The summed E-state index contributed by atoms with van der Waals surface area (Å²) in [5.74, 6) is -2.30. The molecule has 25 heavy (non-hydrogen) atoms. The minimum atomic E-state index is -1.10. The highest BCUT2D eigenvalue weighted by Crippen LogP contribution is 2.19. The second-order valence-electron chi connectivity index (χ2n) is 5.34. The summed E-state index contributed by atoms with van der Waals surface area (Å²) in [6, 6.07) is 10.3. The van der Waals surface area contributed by atoms with Gasteiger partial charge in [0.15, 0.2) is 6.10 Å². The molecule has 0 aromatic heterocycles. The predicted molar refractivity (Wildman–Crippen MR) is 93.0 cm³/mol. The zero-order chi connectivity index (χ0) is 18.4. The van der Waals surface area contributed by atoms with Gasteiger partial charge in [0.1, 0.15) is 11.6 Å². The summed E-state index contributed by atoms with van der Waals surface area (Å²) in [5, 5.41) is 2.35. The molecule has 2 aromatic carbocycles. The molecule has 0 aliphatic heterocycles. The van der Waals surface area contributed by atoms with E-state index in [4.69, 9.17) is 4.74 Å². The molecule has 0 heterocycles. The highest BCUT2D eigenvalue weighted by atomic mass is 79.9. The van der Waals surface area contributed by atoms with E-state index in [2.05, 4.69) is 21.2 Å². The van der Waals surface area contributed by atoms with Crippen LogP contribution in [0, 0.1) is 11.6 Å². The average molecular weight is 412 g/mol. The summed E-state index contributed by atoms with van der Waals surface area (Å²) in [6.45, 7) is 1.38. The van der Waals surface area contributed by atoms with Crippen LogP contribution in [0.15, 0.2) is 46.9 Å². The lowest BCUT2D eigenvalue weighted by atomic mass is 10.1. The van der Waals surface area contributed by atoms with Crippen LogP contribution in [0.1, 0.15) is 18.9 Å². The van der Waals surface area contributed by atoms with Gasteiger partial charge in [0.25, 0.3) is 5.91 Å². The molecule has 2 rings (SSSR count). The summed E-state index contributed by atoms with van der Waals surface area (Å²) < 4.78 is 32.7. The molecular weight excluding hydrogens is 396 g/mol. The van der Waals surface area contributed by atoms with Gasteiger partial charge in [-0.05, 0) is 43.2 Å². The van der Waals surface area contributed by atoms with Crippen molar-refractivity contribution in [3.05, 3.63) is 64.1 Å². The van der Waals surface area contributed by atoms with Gasteiger partial charge in [-0.15, -0.1) is 0 Å². The van der Waals surface area contributed by atoms with E-state index in [0.29, 0.717) is 10.0 Å². The van der Waals surface area contributed by atoms with Crippen molar-refractivity contribution in [3.63, 3.8) is 0 Å². The predicted octanol–water partition coefficient (Wildman–Crippen LogP) is 4.23. The maximum Gasteiger partial charge on any atom is 0.306 e. The molecule has 0 aliphatic carbocycles. The Bertz CT molecular complexity index is 783. The Morgan fingerprint density at radius 3 is 2.56 bits per heavy atom. The van der Waals surface area contributed by atoms with Gasteiger partial charge in [-0.25, -0.2) is 8.78 Å². The quantitative estimate of drug-likeness (QED) is 0.723. The Balaban J connectivity index is 1.85. The van der Waals surface area contributed by atoms with E-state index in [1.165, 1.54) is 25.1 Å². The van der Waals surface area contributed by atoms with Gasteiger partial charge >= 0.3 is 5.97 Å². The SMILES string of the molecule is C[C@H](OC(=O)CCc1ccccc1F)C(=O)Nc1ccc(Br)cc1F. The van der Waals surface area contributed by atoms with Crippen molar-refractivity contribution in [3.8, 4) is 0 Å². The molecule has 2 aromatic rings. The van der Waals surface area contributed by atoms with E-state index in [1.807, 2.05) is 0 Å². The number of amides is 1. The zero-order valence-corrected chi connectivity index (χ0v) is 15.0. The first-order chi connectivity index (χ1) is 11.9. The molecule has 7 heteroatoms. The van der Waals surface area contributed by atoms with Gasteiger partial charge in [0.05, 0.1) is 5.69 Å². The Morgan fingerprint density at radius 2 is 1.88 bits per heavy atom. The molecular formula is C18H16BrF2NO3. The van der Waals surface area contributed by atoms with Crippen molar-refractivity contribution < 1.29 is 23.1 Å². The largest absolute Gasteiger partial charge is 0.453 e. The summed E-state index contributed by atoms with van der Waals surface area (Å²) in [6.07, 6.45) is -0.997. The van der Waals surface area contributed by atoms with E-state index in [0.717, 1.165) is 0 Å². The zero-order valence-electron chi connectivity index (χ0n) is 13.4. The van der Waals surface area contributed by atoms with Crippen molar-refractivity contribution in [2.45, 2.75) is 25.9 Å². The third-order valence-electron chi connectivity index (χ3n) is 3.42. The molecule has 0 unspecified atom stereocenters. The molecule has 0 saturated heterocycles. The molecule has 1 atom stereocenters. The van der Waals surface area contributed by atoms with Crippen LogP contribution >= 0.6 is 15.9 Å². The average Bonchev–Trinajstić information content (AvgIpc) is 2.56. The van der Waals surface area contributed by atoms with Crippen LogP contribution in [0.25, 0.3) is 0 Å². The summed E-state index contributed by atoms with van der Waals surface area (Å²) in [7, 11) is 0. The lowest BCUT2D eigenvalue weighted by Gasteiger charge is -2.14. The van der Waals surface area contributed by atoms with E-state index in [1.54, 1.807) is 24.3 Å². The number of aryl methyl sites for hydroxylation is 1. The molecule has 1 N–H and O–H groups in total. The molecule has 0 aliphatic rings. The maximum absolute atomic E-state index is 13.7. The first-order valence-corrected chi connectivity index (χ1v) is 8.35. The number of halogens is 3. The fourth-order valence-corrected chi connectivity index (χ4v) is 2.41. The van der Waals surface area contributed by atoms with E-state index in [9.17, 15) is 18.4 Å². The fraction of sp³-hybridized carbons (Fsp3) is 0.222. The minimum Gasteiger partial charge on any atom is -0.453 e. The van der Waals surface area contributed by atoms with E-state index >= 15 is 0 Å². The van der Waals surface area contributed by atoms with E-state index in [-0.39, 0.29) is 18.5 Å². The normalized spacial score (nSPS) is 11.7. The monoisotopic (exact) mass is 411 g/mol. The number of carbonyl (C=O) groups excluding carboxylic acids is 2. The number of anilines is 1. The molecule has 1 amide bonds. The molecule has 132 valence electrons. The number of carbonyl (C=O) groups is 2. The third-order valence-corrected chi connectivity index (χ3v) is 3.92. The highest BCUT2D eigenvalue weighted by molar-refractivity contribution is 9.10. The van der Waals surface area contributed by atoms with Crippen molar-refractivity contribution in [2.75, 3.05) is 5.32 Å². The molecule has 0 radical (unpaired) electrons. The summed E-state index contributed by atoms with van der Waals surface area (Å²) in [4.78, 5) is 23.8. The first kappa shape index (κ1) is 19.1. The molecule has 0 fully saturated rings. The Hall–Kier alpha value is -2.28. The van der Waals surface area contributed by atoms with Crippen molar-refractivity contribution in [2.24, 2.45) is 0 Å². The Kier molecular flexibility index (Phi) is 6.64. The minimum absolute atomic E-state index is 0.0116.